The van der Waals surface area contributed by atoms with E-state index in [0.29, 0.717) is 6.42 Å². The van der Waals surface area contributed by atoms with Gasteiger partial charge in [-0.3, -0.25) is 0 Å². The second-order valence-corrected chi connectivity index (χ2v) is 6.48. The first kappa shape index (κ1) is 18.3. The zero-order chi connectivity index (χ0) is 13.7. The number of hydrogen-bond donors (Lipinski definition) is 2. The van der Waals surface area contributed by atoms with Gasteiger partial charge in [-0.1, -0.05) is 83.4 Å². The molecule has 0 saturated heterocycles. The molecule has 2 nitrogen and oxygen atoms in total. The van der Waals surface area contributed by atoms with Crippen LogP contribution in [-0.2, 0) is 0 Å². The SMILES string of the molecule is CCCCCCCCCCCCSC(O)(O)CC. The van der Waals surface area contributed by atoms with Gasteiger partial charge in [-0.15, -0.1) is 0 Å². The van der Waals surface area contributed by atoms with Gasteiger partial charge < -0.3 is 10.2 Å². The van der Waals surface area contributed by atoms with Crippen molar-refractivity contribution in [3.05, 3.63) is 0 Å². The van der Waals surface area contributed by atoms with Gasteiger partial charge in [-0.2, -0.15) is 0 Å². The second kappa shape index (κ2) is 12.3. The van der Waals surface area contributed by atoms with Crippen LogP contribution in [0.1, 0.15) is 84.5 Å². The van der Waals surface area contributed by atoms with Crippen molar-refractivity contribution in [3.8, 4) is 0 Å². The molecule has 0 aromatic rings. The van der Waals surface area contributed by atoms with Crippen molar-refractivity contribution in [2.45, 2.75) is 89.6 Å². The van der Waals surface area contributed by atoms with Crippen molar-refractivity contribution in [1.29, 1.82) is 0 Å². The van der Waals surface area contributed by atoms with E-state index in [1.807, 2.05) is 0 Å². The van der Waals surface area contributed by atoms with Crippen LogP contribution in [0, 0.1) is 0 Å². The number of hydrogen-bond acceptors (Lipinski definition) is 3. The molecular weight excluding hydrogens is 244 g/mol. The van der Waals surface area contributed by atoms with Crippen molar-refractivity contribution >= 4 is 11.8 Å². The van der Waals surface area contributed by atoms with E-state index >= 15 is 0 Å². The third-order valence-corrected chi connectivity index (χ3v) is 4.54. The normalized spacial score (nSPS) is 12.0. The maximum Gasteiger partial charge on any atom is 0.212 e. The van der Waals surface area contributed by atoms with Gasteiger partial charge in [-0.05, 0) is 12.2 Å². The summed E-state index contributed by atoms with van der Waals surface area (Å²) < 4.78 is 0. The average Bonchev–Trinajstić information content (AvgIpc) is 2.36. The highest BCUT2D eigenvalue weighted by atomic mass is 32.2. The summed E-state index contributed by atoms with van der Waals surface area (Å²) in [4.78, 5) is 0. The summed E-state index contributed by atoms with van der Waals surface area (Å²) in [5.41, 5.74) is 0. The van der Waals surface area contributed by atoms with E-state index in [2.05, 4.69) is 6.92 Å². The Kier molecular flexibility index (Phi) is 12.5. The molecule has 0 aliphatic heterocycles. The molecule has 0 aliphatic carbocycles. The third-order valence-electron chi connectivity index (χ3n) is 3.29. The van der Waals surface area contributed by atoms with Crippen LogP contribution in [0.15, 0.2) is 0 Å². The topological polar surface area (TPSA) is 40.5 Å². The van der Waals surface area contributed by atoms with Gasteiger partial charge in [0.1, 0.15) is 0 Å². The van der Waals surface area contributed by atoms with Crippen LogP contribution >= 0.6 is 11.8 Å². The van der Waals surface area contributed by atoms with Crippen molar-refractivity contribution in [1.82, 2.24) is 0 Å². The van der Waals surface area contributed by atoms with Crippen LogP contribution < -0.4 is 0 Å². The van der Waals surface area contributed by atoms with Gasteiger partial charge in [0.2, 0.25) is 5.12 Å². The minimum Gasteiger partial charge on any atom is -0.357 e. The smallest absolute Gasteiger partial charge is 0.212 e. The van der Waals surface area contributed by atoms with Gasteiger partial charge >= 0.3 is 0 Å². The Morgan fingerprint density at radius 3 is 1.61 bits per heavy atom. The lowest BCUT2D eigenvalue weighted by Crippen LogP contribution is -2.22. The lowest BCUT2D eigenvalue weighted by molar-refractivity contribution is -0.0775. The first-order valence-corrected chi connectivity index (χ1v) is 8.69. The molecule has 2 N–H and O–H groups in total. The summed E-state index contributed by atoms with van der Waals surface area (Å²) in [5.74, 6) is 0.858. The van der Waals surface area contributed by atoms with Gasteiger partial charge in [0.25, 0.3) is 0 Å². The number of thioether (sulfide) groups is 1. The summed E-state index contributed by atoms with van der Waals surface area (Å²) in [7, 11) is 0. The molecular formula is C15H32O2S. The highest BCUT2D eigenvalue weighted by Gasteiger charge is 2.19. The fourth-order valence-electron chi connectivity index (χ4n) is 1.93. The monoisotopic (exact) mass is 276 g/mol. The van der Waals surface area contributed by atoms with Crippen LogP contribution in [0.25, 0.3) is 0 Å². The molecule has 0 aliphatic rings. The molecule has 0 atom stereocenters. The van der Waals surface area contributed by atoms with Gasteiger partial charge in [0.05, 0.1) is 0 Å². The maximum atomic E-state index is 9.39. The Morgan fingerprint density at radius 2 is 1.17 bits per heavy atom. The Bertz CT molecular complexity index is 172. The Hall–Kier alpha value is 0.270. The molecule has 0 bridgehead atoms. The van der Waals surface area contributed by atoms with E-state index in [0.717, 1.165) is 12.2 Å². The highest BCUT2D eigenvalue weighted by Crippen LogP contribution is 2.24. The van der Waals surface area contributed by atoms with E-state index in [9.17, 15) is 10.2 Å². The van der Waals surface area contributed by atoms with Crippen LogP contribution in [0.2, 0.25) is 0 Å². The lowest BCUT2D eigenvalue weighted by Gasteiger charge is -2.18. The summed E-state index contributed by atoms with van der Waals surface area (Å²) in [6.07, 6.45) is 13.6. The van der Waals surface area contributed by atoms with Gasteiger partial charge in [-0.25, -0.2) is 0 Å². The van der Waals surface area contributed by atoms with E-state index in [1.54, 1.807) is 6.92 Å². The predicted molar refractivity (Wildman–Crippen MR) is 81.8 cm³/mol. The first-order chi connectivity index (χ1) is 8.62. The molecule has 0 fully saturated rings. The summed E-state index contributed by atoms with van der Waals surface area (Å²) in [5, 5.41) is 17.3. The zero-order valence-corrected chi connectivity index (χ0v) is 13.1. The molecule has 0 heterocycles. The molecule has 18 heavy (non-hydrogen) atoms. The molecule has 0 aromatic heterocycles. The summed E-state index contributed by atoms with van der Waals surface area (Å²) in [6, 6.07) is 0. The molecule has 0 aromatic carbocycles. The number of unbranched alkanes of at least 4 members (excludes halogenated alkanes) is 9. The molecule has 110 valence electrons. The van der Waals surface area contributed by atoms with Crippen molar-refractivity contribution in [3.63, 3.8) is 0 Å². The molecule has 0 amide bonds. The number of rotatable bonds is 13. The Balaban J connectivity index is 3.08. The minimum absolute atomic E-state index is 0.398. The van der Waals surface area contributed by atoms with E-state index in [1.165, 1.54) is 69.5 Å². The predicted octanol–water partition coefficient (Wildman–Crippen LogP) is 4.69. The Morgan fingerprint density at radius 1 is 0.722 bits per heavy atom. The average molecular weight is 276 g/mol. The molecule has 0 unspecified atom stereocenters. The van der Waals surface area contributed by atoms with E-state index in [4.69, 9.17) is 0 Å². The summed E-state index contributed by atoms with van der Waals surface area (Å²) in [6.45, 7) is 4.05. The zero-order valence-electron chi connectivity index (χ0n) is 12.3. The lowest BCUT2D eigenvalue weighted by atomic mass is 10.1. The quantitative estimate of drug-likeness (QED) is 0.379. The molecule has 3 heteroatoms. The van der Waals surface area contributed by atoms with Crippen LogP contribution in [0.3, 0.4) is 0 Å². The van der Waals surface area contributed by atoms with Crippen LogP contribution in [-0.4, -0.2) is 21.1 Å². The van der Waals surface area contributed by atoms with Crippen molar-refractivity contribution in [2.75, 3.05) is 5.75 Å². The fraction of sp³-hybridized carbons (Fsp3) is 1.00. The minimum atomic E-state index is -1.50. The summed E-state index contributed by atoms with van der Waals surface area (Å²) >= 11 is 1.27. The fourth-order valence-corrected chi connectivity index (χ4v) is 2.81. The van der Waals surface area contributed by atoms with Crippen molar-refractivity contribution < 1.29 is 10.2 Å². The largest absolute Gasteiger partial charge is 0.357 e. The highest BCUT2D eigenvalue weighted by molar-refractivity contribution is 8.00. The number of aliphatic hydroxyl groups is 2. The van der Waals surface area contributed by atoms with Crippen molar-refractivity contribution in [2.24, 2.45) is 0 Å². The molecule has 0 spiro atoms. The first-order valence-electron chi connectivity index (χ1n) is 7.71. The maximum absolute atomic E-state index is 9.39. The van der Waals surface area contributed by atoms with E-state index in [-0.39, 0.29) is 0 Å². The van der Waals surface area contributed by atoms with Gasteiger partial charge in [0.15, 0.2) is 0 Å². The second-order valence-electron chi connectivity index (χ2n) is 5.13. The Labute approximate surface area is 118 Å². The molecule has 0 radical (unpaired) electrons. The third kappa shape index (κ3) is 12.7. The standard InChI is InChI=1S/C15H32O2S/c1-3-5-6-7-8-9-10-11-12-13-14-18-15(16,17)4-2/h16-17H,3-14H2,1-2H3. The van der Waals surface area contributed by atoms with Crippen LogP contribution in [0.5, 0.6) is 0 Å². The van der Waals surface area contributed by atoms with E-state index < -0.39 is 5.12 Å². The molecule has 0 saturated carbocycles. The van der Waals surface area contributed by atoms with Crippen LogP contribution in [0.4, 0.5) is 0 Å². The molecule has 0 rings (SSSR count). The van der Waals surface area contributed by atoms with Gasteiger partial charge in [0, 0.05) is 6.42 Å².